The summed E-state index contributed by atoms with van der Waals surface area (Å²) in [6.45, 7) is 0.587. The summed E-state index contributed by atoms with van der Waals surface area (Å²) in [6.07, 6.45) is 5.87. The molecule has 0 radical (unpaired) electrons. The molecule has 0 amide bonds. The number of imidazole rings is 1. The smallest absolute Gasteiger partial charge is 0.235 e. The molecule has 0 spiro atoms. The highest BCUT2D eigenvalue weighted by atomic mass is 16.5. The molecule has 102 valence electrons. The van der Waals surface area contributed by atoms with Crippen molar-refractivity contribution in [1.82, 2.24) is 19.5 Å². The van der Waals surface area contributed by atoms with Crippen molar-refractivity contribution in [1.29, 1.82) is 0 Å². The Morgan fingerprint density at radius 1 is 1.30 bits per heavy atom. The predicted molar refractivity (Wildman–Crippen MR) is 76.7 cm³/mol. The van der Waals surface area contributed by atoms with E-state index >= 15 is 0 Å². The van der Waals surface area contributed by atoms with Crippen LogP contribution in [0.15, 0.2) is 36.9 Å². The summed E-state index contributed by atoms with van der Waals surface area (Å²) < 4.78 is 6.92. The van der Waals surface area contributed by atoms with Gasteiger partial charge in [0.25, 0.3) is 0 Å². The quantitative estimate of drug-likeness (QED) is 0.727. The van der Waals surface area contributed by atoms with Crippen LogP contribution in [0.2, 0.25) is 0 Å². The number of hydrogen-bond donors (Lipinski definition) is 1. The summed E-state index contributed by atoms with van der Waals surface area (Å²) in [7, 11) is 1.67. The molecule has 0 atom stereocenters. The molecule has 2 aromatic heterocycles. The normalized spacial score (nSPS) is 11.1. The van der Waals surface area contributed by atoms with Gasteiger partial charge in [-0.05, 0) is 12.1 Å². The van der Waals surface area contributed by atoms with E-state index in [9.17, 15) is 0 Å². The molecule has 1 aromatic carbocycles. The average molecular weight is 269 g/mol. The molecule has 0 bridgehead atoms. The highest BCUT2D eigenvalue weighted by molar-refractivity contribution is 5.92. The maximum Gasteiger partial charge on any atom is 0.235 e. The molecule has 0 saturated carbocycles. The average Bonchev–Trinajstić information content (AvgIpc) is 2.98. The summed E-state index contributed by atoms with van der Waals surface area (Å²) in [4.78, 5) is 13.2. The molecule has 0 unspecified atom stereocenters. The second-order valence-corrected chi connectivity index (χ2v) is 4.42. The van der Waals surface area contributed by atoms with Crippen molar-refractivity contribution in [3.63, 3.8) is 0 Å². The van der Waals surface area contributed by atoms with Gasteiger partial charge in [-0.2, -0.15) is 0 Å². The number of fused-ring (bicyclic) bond motifs is 1. The monoisotopic (exact) mass is 269 g/mol. The predicted octanol–water partition coefficient (Wildman–Crippen LogP) is 1.59. The Morgan fingerprint density at radius 2 is 2.20 bits per heavy atom. The number of ether oxygens (including phenoxy) is 1. The van der Waals surface area contributed by atoms with Gasteiger partial charge >= 0.3 is 0 Å². The summed E-state index contributed by atoms with van der Waals surface area (Å²) in [6, 6.07) is 5.69. The van der Waals surface area contributed by atoms with Crippen molar-refractivity contribution in [2.75, 3.05) is 19.5 Å². The van der Waals surface area contributed by atoms with Crippen LogP contribution < -0.4 is 5.73 Å². The first-order valence-electron chi connectivity index (χ1n) is 6.32. The van der Waals surface area contributed by atoms with Crippen molar-refractivity contribution < 1.29 is 4.74 Å². The summed E-state index contributed by atoms with van der Waals surface area (Å²) in [5.74, 6) is 0.590. The van der Waals surface area contributed by atoms with Gasteiger partial charge in [-0.3, -0.25) is 4.57 Å². The second-order valence-electron chi connectivity index (χ2n) is 4.42. The Hall–Kier alpha value is -2.47. The standard InChI is InChI=1S/C14H15N5O/c1-20-8-5-12-13-10(15)3-2-4-11(13)17-14(18-12)19-7-6-16-9-19/h2-4,6-7,9H,5,8,15H2,1H3. The molecule has 3 aromatic rings. The number of rotatable bonds is 4. The third-order valence-electron chi connectivity index (χ3n) is 3.10. The van der Waals surface area contributed by atoms with Crippen LogP contribution in [0.4, 0.5) is 5.69 Å². The lowest BCUT2D eigenvalue weighted by Crippen LogP contribution is -2.07. The van der Waals surface area contributed by atoms with Crippen LogP contribution in [-0.2, 0) is 11.2 Å². The lowest BCUT2D eigenvalue weighted by atomic mass is 10.1. The number of nitrogens with two attached hydrogens (primary N) is 1. The maximum atomic E-state index is 6.06. The van der Waals surface area contributed by atoms with Crippen LogP contribution >= 0.6 is 0 Å². The van der Waals surface area contributed by atoms with Crippen molar-refractivity contribution in [3.05, 3.63) is 42.6 Å². The molecule has 2 heterocycles. The molecule has 0 aliphatic carbocycles. The molecule has 0 aliphatic heterocycles. The van der Waals surface area contributed by atoms with Crippen molar-refractivity contribution in [2.24, 2.45) is 0 Å². The molecule has 3 rings (SSSR count). The van der Waals surface area contributed by atoms with Crippen LogP contribution in [0.1, 0.15) is 5.69 Å². The molecule has 2 N–H and O–H groups in total. The largest absolute Gasteiger partial charge is 0.398 e. The van der Waals surface area contributed by atoms with Gasteiger partial charge < -0.3 is 10.5 Å². The lowest BCUT2D eigenvalue weighted by Gasteiger charge is -2.10. The number of nitrogen functional groups attached to an aromatic ring is 1. The Labute approximate surface area is 116 Å². The Kier molecular flexibility index (Phi) is 3.30. The van der Waals surface area contributed by atoms with E-state index in [1.165, 1.54) is 0 Å². The van der Waals surface area contributed by atoms with Crippen LogP contribution in [0.25, 0.3) is 16.9 Å². The van der Waals surface area contributed by atoms with Crippen LogP contribution in [0.5, 0.6) is 0 Å². The topological polar surface area (TPSA) is 78.8 Å². The fourth-order valence-corrected chi connectivity index (χ4v) is 2.15. The zero-order valence-corrected chi connectivity index (χ0v) is 11.2. The first-order chi connectivity index (χ1) is 9.79. The Balaban J connectivity index is 2.20. The maximum absolute atomic E-state index is 6.06. The Bertz CT molecular complexity index is 724. The molecule has 6 heteroatoms. The van der Waals surface area contributed by atoms with E-state index in [2.05, 4.69) is 15.0 Å². The SMILES string of the molecule is COCCc1nc(-n2ccnc2)nc2cccc(N)c12. The minimum Gasteiger partial charge on any atom is -0.398 e. The van der Waals surface area contributed by atoms with Crippen LogP contribution in [0, 0.1) is 0 Å². The highest BCUT2D eigenvalue weighted by Crippen LogP contribution is 2.23. The van der Waals surface area contributed by atoms with Gasteiger partial charge in [0.15, 0.2) is 0 Å². The number of benzene rings is 1. The van der Waals surface area contributed by atoms with E-state index < -0.39 is 0 Å². The van der Waals surface area contributed by atoms with Gasteiger partial charge in [-0.1, -0.05) is 6.07 Å². The summed E-state index contributed by atoms with van der Waals surface area (Å²) in [5, 5.41) is 0.897. The lowest BCUT2D eigenvalue weighted by molar-refractivity contribution is 0.201. The molecule has 0 aliphatic rings. The molecule has 20 heavy (non-hydrogen) atoms. The second kappa shape index (κ2) is 5.26. The molecule has 0 saturated heterocycles. The van der Waals surface area contributed by atoms with E-state index in [-0.39, 0.29) is 0 Å². The fourth-order valence-electron chi connectivity index (χ4n) is 2.15. The van der Waals surface area contributed by atoms with Crippen molar-refractivity contribution in [2.45, 2.75) is 6.42 Å². The highest BCUT2D eigenvalue weighted by Gasteiger charge is 2.11. The van der Waals surface area contributed by atoms with E-state index in [1.54, 1.807) is 24.2 Å². The van der Waals surface area contributed by atoms with Crippen molar-refractivity contribution in [3.8, 4) is 5.95 Å². The molecular formula is C14H15N5O. The molecule has 0 fully saturated rings. The van der Waals surface area contributed by atoms with E-state index in [4.69, 9.17) is 10.5 Å². The number of nitrogens with zero attached hydrogens (tertiary/aromatic N) is 4. The van der Waals surface area contributed by atoms with Gasteiger partial charge in [0.05, 0.1) is 17.8 Å². The van der Waals surface area contributed by atoms with Gasteiger partial charge in [0, 0.05) is 37.0 Å². The Morgan fingerprint density at radius 3 is 2.95 bits per heavy atom. The number of aromatic nitrogens is 4. The first kappa shape index (κ1) is 12.6. The summed E-state index contributed by atoms with van der Waals surface area (Å²) >= 11 is 0. The minimum absolute atomic E-state index is 0.587. The summed E-state index contributed by atoms with van der Waals surface area (Å²) in [5.41, 5.74) is 8.46. The van der Waals surface area contributed by atoms with Gasteiger partial charge in [0.1, 0.15) is 6.33 Å². The number of hydrogen-bond acceptors (Lipinski definition) is 5. The zero-order valence-electron chi connectivity index (χ0n) is 11.2. The zero-order chi connectivity index (χ0) is 13.9. The fraction of sp³-hybridized carbons (Fsp3) is 0.214. The number of anilines is 1. The third-order valence-corrected chi connectivity index (χ3v) is 3.10. The van der Waals surface area contributed by atoms with E-state index in [1.807, 2.05) is 24.4 Å². The van der Waals surface area contributed by atoms with Crippen LogP contribution in [0.3, 0.4) is 0 Å². The van der Waals surface area contributed by atoms with Gasteiger partial charge in [0.2, 0.25) is 5.95 Å². The molecular weight excluding hydrogens is 254 g/mol. The van der Waals surface area contributed by atoms with Gasteiger partial charge in [-0.15, -0.1) is 0 Å². The van der Waals surface area contributed by atoms with E-state index in [0.717, 1.165) is 16.6 Å². The van der Waals surface area contributed by atoms with E-state index in [0.29, 0.717) is 24.7 Å². The van der Waals surface area contributed by atoms with Crippen LogP contribution in [-0.4, -0.2) is 33.2 Å². The minimum atomic E-state index is 0.587. The van der Waals surface area contributed by atoms with Gasteiger partial charge in [-0.25, -0.2) is 15.0 Å². The first-order valence-corrected chi connectivity index (χ1v) is 6.32. The third kappa shape index (κ3) is 2.21. The number of methoxy groups -OCH3 is 1. The molecule has 6 nitrogen and oxygen atoms in total. The van der Waals surface area contributed by atoms with Crippen molar-refractivity contribution >= 4 is 16.6 Å².